The van der Waals surface area contributed by atoms with Crippen LogP contribution in [0.4, 0.5) is 0 Å². The van der Waals surface area contributed by atoms with Crippen LogP contribution in [0.25, 0.3) is 0 Å². The van der Waals surface area contributed by atoms with Gasteiger partial charge in [-0.2, -0.15) is 0 Å². The van der Waals surface area contributed by atoms with Crippen LogP contribution in [0.1, 0.15) is 13.8 Å². The molecule has 1 atom stereocenters. The van der Waals surface area contributed by atoms with Gasteiger partial charge in [-0.25, -0.2) is 0 Å². The normalized spacial score (nSPS) is 18.9. The third kappa shape index (κ3) is 6.66. The maximum absolute atomic E-state index is 5.47. The lowest BCUT2D eigenvalue weighted by Gasteiger charge is -2.13. The molecule has 0 radical (unpaired) electrons. The highest BCUT2D eigenvalue weighted by Gasteiger charge is 2.08. The third-order valence-corrected chi connectivity index (χ3v) is 1.70. The van der Waals surface area contributed by atoms with Crippen LogP contribution in [-0.4, -0.2) is 9.96 Å². The van der Waals surface area contributed by atoms with Gasteiger partial charge in [-0.3, -0.25) is 0 Å². The van der Waals surface area contributed by atoms with Crippen molar-refractivity contribution in [2.75, 3.05) is 5.75 Å². The Bertz CT molecular complexity index is 48.1. The van der Waals surface area contributed by atoms with Crippen LogP contribution in [0.5, 0.6) is 0 Å². The van der Waals surface area contributed by atoms with Crippen molar-refractivity contribution >= 4 is 24.4 Å². The largest absolute Gasteiger partial charge is 0.309 e. The average Bonchev–Trinajstić information content (AvgIpc) is 1.30. The summed E-state index contributed by atoms with van der Waals surface area (Å²) in [5.41, 5.74) is 5.47. The third-order valence-electron chi connectivity index (χ3n) is 0.437. The van der Waals surface area contributed by atoms with Gasteiger partial charge >= 0.3 is 0 Å². The van der Waals surface area contributed by atoms with Crippen LogP contribution in [0.3, 0.4) is 0 Å². The van der Waals surface area contributed by atoms with Gasteiger partial charge in [0, 0.05) is 0 Å². The highest BCUT2D eigenvalue weighted by molar-refractivity contribution is 8.11. The SMILES string of the molecule is CCSC(C)(N)S. The number of rotatable bonds is 2. The summed E-state index contributed by atoms with van der Waals surface area (Å²) in [5, 5.41) is 0. The molecule has 0 aromatic heterocycles. The Labute approximate surface area is 54.5 Å². The summed E-state index contributed by atoms with van der Waals surface area (Å²) in [4.78, 5) is 0. The lowest BCUT2D eigenvalue weighted by atomic mass is 10.8. The van der Waals surface area contributed by atoms with Crippen molar-refractivity contribution < 1.29 is 0 Å². The smallest absolute Gasteiger partial charge is 0.103 e. The van der Waals surface area contributed by atoms with Crippen molar-refractivity contribution in [2.45, 2.75) is 18.1 Å². The number of hydrogen-bond donors (Lipinski definition) is 2. The van der Waals surface area contributed by atoms with Crippen molar-refractivity contribution in [2.24, 2.45) is 5.73 Å². The zero-order valence-corrected chi connectivity index (χ0v) is 6.35. The molecule has 3 heteroatoms. The van der Waals surface area contributed by atoms with E-state index in [1.54, 1.807) is 11.8 Å². The van der Waals surface area contributed by atoms with E-state index in [1.165, 1.54) is 0 Å². The van der Waals surface area contributed by atoms with Crippen LogP contribution in [-0.2, 0) is 0 Å². The van der Waals surface area contributed by atoms with Gasteiger partial charge in [0.15, 0.2) is 0 Å². The molecule has 0 aliphatic rings. The van der Waals surface area contributed by atoms with Crippen molar-refractivity contribution in [3.8, 4) is 0 Å². The fourth-order valence-corrected chi connectivity index (χ4v) is 1.26. The number of thiol groups is 1. The van der Waals surface area contributed by atoms with E-state index in [4.69, 9.17) is 5.73 Å². The Balaban J connectivity index is 3.15. The van der Waals surface area contributed by atoms with Crippen LogP contribution in [0.2, 0.25) is 0 Å². The van der Waals surface area contributed by atoms with Crippen molar-refractivity contribution in [1.82, 2.24) is 0 Å². The van der Waals surface area contributed by atoms with Crippen molar-refractivity contribution in [3.05, 3.63) is 0 Å². The van der Waals surface area contributed by atoms with Gasteiger partial charge in [-0.15, -0.1) is 24.4 Å². The van der Waals surface area contributed by atoms with E-state index in [-0.39, 0.29) is 4.20 Å². The standard InChI is InChI=1S/C4H11NS2/c1-3-7-4(2,5)6/h6H,3,5H2,1-2H3. The first-order chi connectivity index (χ1) is 3.06. The second kappa shape index (κ2) is 2.84. The number of hydrogen-bond acceptors (Lipinski definition) is 3. The summed E-state index contributed by atoms with van der Waals surface area (Å²) in [5.74, 6) is 1.02. The van der Waals surface area contributed by atoms with E-state index in [2.05, 4.69) is 19.6 Å². The lowest BCUT2D eigenvalue weighted by Crippen LogP contribution is -2.23. The van der Waals surface area contributed by atoms with Crippen LogP contribution < -0.4 is 5.73 Å². The topological polar surface area (TPSA) is 26.0 Å². The molecular formula is C4H11NS2. The van der Waals surface area contributed by atoms with Gasteiger partial charge in [0.25, 0.3) is 0 Å². The first-order valence-corrected chi connectivity index (χ1v) is 3.65. The quantitative estimate of drug-likeness (QED) is 0.443. The molecule has 0 aliphatic heterocycles. The Morgan fingerprint density at radius 1 is 1.86 bits per heavy atom. The molecule has 0 heterocycles. The maximum Gasteiger partial charge on any atom is 0.103 e. The maximum atomic E-state index is 5.47. The summed E-state index contributed by atoms with van der Waals surface area (Å²) in [6.45, 7) is 3.94. The van der Waals surface area contributed by atoms with Crippen LogP contribution in [0.15, 0.2) is 0 Å². The van der Waals surface area contributed by atoms with Gasteiger partial charge < -0.3 is 5.73 Å². The average molecular weight is 137 g/mol. The van der Waals surface area contributed by atoms with Gasteiger partial charge in [0.2, 0.25) is 0 Å². The molecule has 44 valence electrons. The molecule has 0 saturated carbocycles. The van der Waals surface area contributed by atoms with E-state index in [0.717, 1.165) is 5.75 Å². The Morgan fingerprint density at radius 3 is 2.29 bits per heavy atom. The Kier molecular flexibility index (Phi) is 3.11. The minimum absolute atomic E-state index is 0.339. The lowest BCUT2D eigenvalue weighted by molar-refractivity contribution is 0.975. The van der Waals surface area contributed by atoms with E-state index in [0.29, 0.717) is 0 Å². The van der Waals surface area contributed by atoms with Crippen molar-refractivity contribution in [3.63, 3.8) is 0 Å². The first kappa shape index (κ1) is 7.66. The predicted octanol–water partition coefficient (Wildman–Crippen LogP) is 1.30. The molecule has 0 aliphatic carbocycles. The number of thioether (sulfide) groups is 1. The van der Waals surface area contributed by atoms with Gasteiger partial charge in [0.1, 0.15) is 4.20 Å². The highest BCUT2D eigenvalue weighted by atomic mass is 32.2. The molecule has 0 saturated heterocycles. The molecule has 0 bridgehead atoms. The minimum Gasteiger partial charge on any atom is -0.309 e. The van der Waals surface area contributed by atoms with Crippen LogP contribution >= 0.6 is 24.4 Å². The zero-order valence-electron chi connectivity index (χ0n) is 4.64. The molecule has 0 aromatic rings. The monoisotopic (exact) mass is 137 g/mol. The number of nitrogens with two attached hydrogens (primary N) is 1. The van der Waals surface area contributed by atoms with E-state index in [9.17, 15) is 0 Å². The molecule has 2 N–H and O–H groups in total. The zero-order chi connectivity index (χ0) is 5.91. The molecule has 0 rings (SSSR count). The second-order valence-corrected chi connectivity index (χ2v) is 4.43. The fraction of sp³-hybridized carbons (Fsp3) is 1.00. The van der Waals surface area contributed by atoms with E-state index < -0.39 is 0 Å². The van der Waals surface area contributed by atoms with Gasteiger partial charge in [-0.05, 0) is 12.7 Å². The molecule has 0 amide bonds. The Morgan fingerprint density at radius 2 is 2.29 bits per heavy atom. The minimum atomic E-state index is -0.339. The van der Waals surface area contributed by atoms with E-state index in [1.807, 2.05) is 6.92 Å². The molecular weight excluding hydrogens is 126 g/mol. The summed E-state index contributed by atoms with van der Waals surface area (Å²) in [6, 6.07) is 0. The van der Waals surface area contributed by atoms with Gasteiger partial charge in [-0.1, -0.05) is 6.92 Å². The van der Waals surface area contributed by atoms with Crippen molar-refractivity contribution in [1.29, 1.82) is 0 Å². The summed E-state index contributed by atoms with van der Waals surface area (Å²) >= 11 is 5.71. The predicted molar refractivity (Wildman–Crippen MR) is 39.7 cm³/mol. The molecule has 1 unspecified atom stereocenters. The Hall–Kier alpha value is 0.660. The van der Waals surface area contributed by atoms with E-state index >= 15 is 0 Å². The highest BCUT2D eigenvalue weighted by Crippen LogP contribution is 2.21. The van der Waals surface area contributed by atoms with Crippen LogP contribution in [0, 0.1) is 0 Å². The van der Waals surface area contributed by atoms with Gasteiger partial charge in [0.05, 0.1) is 0 Å². The molecule has 0 spiro atoms. The molecule has 1 nitrogen and oxygen atoms in total. The summed E-state index contributed by atoms with van der Waals surface area (Å²) in [6.07, 6.45) is 0. The first-order valence-electron chi connectivity index (χ1n) is 2.21. The fourth-order valence-electron chi connectivity index (χ4n) is 0.292. The summed E-state index contributed by atoms with van der Waals surface area (Å²) in [7, 11) is 0. The molecule has 0 fully saturated rings. The molecule has 7 heavy (non-hydrogen) atoms. The summed E-state index contributed by atoms with van der Waals surface area (Å²) < 4.78 is -0.339. The molecule has 0 aromatic carbocycles. The second-order valence-electron chi connectivity index (χ2n) is 1.49.